The number of hydrogen-bond donors (Lipinski definition) is 2. The number of carbonyl (C=O) groups is 2. The summed E-state index contributed by atoms with van der Waals surface area (Å²) in [7, 11) is 0. The van der Waals surface area contributed by atoms with Crippen LogP contribution >= 0.6 is 0 Å². The highest BCUT2D eigenvalue weighted by Gasteiger charge is 2.38. The Bertz CT molecular complexity index is 624. The molecule has 0 atom stereocenters. The number of carbonyl (C=O) groups excluding carboxylic acids is 2. The van der Waals surface area contributed by atoms with E-state index in [9.17, 15) is 14.7 Å². The molecule has 2 N–H and O–H groups in total. The number of cyclic esters (lactones) is 2. The first-order chi connectivity index (χ1) is 10.2. The van der Waals surface area contributed by atoms with E-state index in [-0.39, 0.29) is 17.2 Å². The minimum Gasteiger partial charge on any atom is -0.508 e. The van der Waals surface area contributed by atoms with Crippen molar-refractivity contribution in [2.75, 3.05) is 5.32 Å². The molecule has 2 rings (SSSR count). The maximum atomic E-state index is 11.8. The molecule has 0 amide bonds. The predicted octanol–water partition coefficient (Wildman–Crippen LogP) is 2.65. The van der Waals surface area contributed by atoms with Crippen LogP contribution in [0.15, 0.2) is 30.0 Å². The summed E-state index contributed by atoms with van der Waals surface area (Å²) in [5.41, 5.74) is 1.19. The molecule has 0 aromatic heterocycles. The molecule has 6 nitrogen and oxygen atoms in total. The summed E-state index contributed by atoms with van der Waals surface area (Å²) in [6.45, 7) is 6.88. The van der Waals surface area contributed by atoms with Gasteiger partial charge in [0.05, 0.1) is 0 Å². The molecule has 1 aromatic rings. The minimum atomic E-state index is -1.26. The van der Waals surface area contributed by atoms with Gasteiger partial charge >= 0.3 is 11.9 Å². The monoisotopic (exact) mass is 305 g/mol. The maximum Gasteiger partial charge on any atom is 0.350 e. The van der Waals surface area contributed by atoms with E-state index in [2.05, 4.69) is 5.32 Å². The average Bonchev–Trinajstić information content (AvgIpc) is 2.37. The van der Waals surface area contributed by atoms with Crippen LogP contribution in [0.3, 0.4) is 0 Å². The lowest BCUT2D eigenvalue weighted by Crippen LogP contribution is -2.42. The van der Waals surface area contributed by atoms with Crippen molar-refractivity contribution in [2.24, 2.45) is 0 Å². The zero-order valence-electron chi connectivity index (χ0n) is 13.0. The van der Waals surface area contributed by atoms with E-state index < -0.39 is 17.7 Å². The Morgan fingerprint density at radius 3 is 2.32 bits per heavy atom. The second kappa shape index (κ2) is 5.71. The van der Waals surface area contributed by atoms with E-state index in [1.54, 1.807) is 18.2 Å². The first-order valence-corrected chi connectivity index (χ1v) is 6.96. The third-order valence-electron chi connectivity index (χ3n) is 3.15. The lowest BCUT2D eigenvalue weighted by Gasteiger charge is -2.29. The van der Waals surface area contributed by atoms with E-state index >= 15 is 0 Å². The molecule has 1 aliphatic heterocycles. The third kappa shape index (κ3) is 3.39. The highest BCUT2D eigenvalue weighted by atomic mass is 16.7. The SMILES string of the molecule is CC(C)c1cc(NC=C2C(=O)OC(C)(C)OC2=O)ccc1O. The first kappa shape index (κ1) is 15.9. The molecule has 118 valence electrons. The quantitative estimate of drug-likeness (QED) is 0.386. The van der Waals surface area contributed by atoms with Crippen molar-refractivity contribution >= 4 is 17.6 Å². The molecule has 0 aliphatic carbocycles. The molecule has 0 radical (unpaired) electrons. The van der Waals surface area contributed by atoms with Crippen molar-refractivity contribution in [1.29, 1.82) is 0 Å². The molecule has 1 saturated heterocycles. The molecular weight excluding hydrogens is 286 g/mol. The van der Waals surface area contributed by atoms with Crippen LogP contribution in [0.2, 0.25) is 0 Å². The Labute approximate surface area is 128 Å². The van der Waals surface area contributed by atoms with Crippen molar-refractivity contribution in [3.05, 3.63) is 35.5 Å². The lowest BCUT2D eigenvalue weighted by atomic mass is 10.0. The molecule has 6 heteroatoms. The van der Waals surface area contributed by atoms with Gasteiger partial charge in [-0.3, -0.25) is 0 Å². The Morgan fingerprint density at radius 1 is 1.18 bits per heavy atom. The number of phenolic OH excluding ortho intramolecular Hbond substituents is 1. The Balaban J connectivity index is 2.20. The number of ether oxygens (including phenoxy) is 2. The molecule has 22 heavy (non-hydrogen) atoms. The van der Waals surface area contributed by atoms with Gasteiger partial charge in [0, 0.05) is 25.7 Å². The highest BCUT2D eigenvalue weighted by molar-refractivity contribution is 6.15. The van der Waals surface area contributed by atoms with E-state index in [0.29, 0.717) is 5.69 Å². The van der Waals surface area contributed by atoms with Gasteiger partial charge < -0.3 is 19.9 Å². The summed E-state index contributed by atoms with van der Waals surface area (Å²) in [5.74, 6) is -2.39. The van der Waals surface area contributed by atoms with E-state index in [1.807, 2.05) is 13.8 Å². The zero-order chi connectivity index (χ0) is 16.5. The molecule has 1 aliphatic rings. The highest BCUT2D eigenvalue weighted by Crippen LogP contribution is 2.28. The molecule has 0 saturated carbocycles. The van der Waals surface area contributed by atoms with Gasteiger partial charge in [0.2, 0.25) is 0 Å². The number of phenols is 1. The largest absolute Gasteiger partial charge is 0.508 e. The van der Waals surface area contributed by atoms with Crippen LogP contribution in [0.1, 0.15) is 39.2 Å². The van der Waals surface area contributed by atoms with Gasteiger partial charge in [-0.05, 0) is 29.7 Å². The predicted molar refractivity (Wildman–Crippen MR) is 80.2 cm³/mol. The summed E-state index contributed by atoms with van der Waals surface area (Å²) < 4.78 is 9.99. The number of rotatable bonds is 3. The molecule has 1 fully saturated rings. The summed E-state index contributed by atoms with van der Waals surface area (Å²) in [4.78, 5) is 23.6. The summed E-state index contributed by atoms with van der Waals surface area (Å²) in [5, 5.41) is 12.6. The van der Waals surface area contributed by atoms with Crippen molar-refractivity contribution in [1.82, 2.24) is 0 Å². The summed E-state index contributed by atoms with van der Waals surface area (Å²) in [6, 6.07) is 4.94. The molecule has 0 unspecified atom stereocenters. The fourth-order valence-corrected chi connectivity index (χ4v) is 2.04. The second-order valence-corrected chi connectivity index (χ2v) is 5.81. The van der Waals surface area contributed by atoms with Crippen LogP contribution in [-0.2, 0) is 19.1 Å². The van der Waals surface area contributed by atoms with Crippen LogP contribution in [-0.4, -0.2) is 22.8 Å². The van der Waals surface area contributed by atoms with Gasteiger partial charge in [-0.25, -0.2) is 9.59 Å². The van der Waals surface area contributed by atoms with Gasteiger partial charge in [-0.2, -0.15) is 0 Å². The van der Waals surface area contributed by atoms with Gasteiger partial charge in [0.15, 0.2) is 5.57 Å². The summed E-state index contributed by atoms with van der Waals surface area (Å²) >= 11 is 0. The normalized spacial score (nSPS) is 17.0. The number of benzene rings is 1. The van der Waals surface area contributed by atoms with Crippen molar-refractivity contribution in [2.45, 2.75) is 39.4 Å². The Kier molecular flexibility index (Phi) is 4.12. The van der Waals surface area contributed by atoms with Gasteiger partial charge in [-0.15, -0.1) is 0 Å². The van der Waals surface area contributed by atoms with E-state index in [0.717, 1.165) is 5.56 Å². The van der Waals surface area contributed by atoms with E-state index in [4.69, 9.17) is 9.47 Å². The number of anilines is 1. The fourth-order valence-electron chi connectivity index (χ4n) is 2.04. The molecule has 0 bridgehead atoms. The average molecular weight is 305 g/mol. The first-order valence-electron chi connectivity index (χ1n) is 6.96. The van der Waals surface area contributed by atoms with Crippen LogP contribution in [0, 0.1) is 0 Å². The zero-order valence-corrected chi connectivity index (χ0v) is 13.0. The second-order valence-electron chi connectivity index (χ2n) is 5.81. The molecule has 0 spiro atoms. The van der Waals surface area contributed by atoms with Gasteiger partial charge in [0.1, 0.15) is 5.75 Å². The smallest absolute Gasteiger partial charge is 0.350 e. The van der Waals surface area contributed by atoms with Crippen LogP contribution in [0.25, 0.3) is 0 Å². The maximum absolute atomic E-state index is 11.8. The topological polar surface area (TPSA) is 84.9 Å². The van der Waals surface area contributed by atoms with Crippen molar-refractivity contribution < 1.29 is 24.2 Å². The number of nitrogens with one attached hydrogen (secondary N) is 1. The van der Waals surface area contributed by atoms with Crippen LogP contribution in [0.5, 0.6) is 5.75 Å². The Morgan fingerprint density at radius 2 is 1.77 bits per heavy atom. The lowest BCUT2D eigenvalue weighted by molar-refractivity contribution is -0.222. The Hall–Kier alpha value is -2.50. The van der Waals surface area contributed by atoms with Crippen molar-refractivity contribution in [3.8, 4) is 5.75 Å². The van der Waals surface area contributed by atoms with Crippen molar-refractivity contribution in [3.63, 3.8) is 0 Å². The minimum absolute atomic E-state index is 0.139. The van der Waals surface area contributed by atoms with E-state index in [1.165, 1.54) is 20.0 Å². The third-order valence-corrected chi connectivity index (χ3v) is 3.15. The van der Waals surface area contributed by atoms with Gasteiger partial charge in [-0.1, -0.05) is 13.8 Å². The molecule has 1 aromatic carbocycles. The summed E-state index contributed by atoms with van der Waals surface area (Å²) in [6.07, 6.45) is 1.25. The van der Waals surface area contributed by atoms with Crippen LogP contribution in [0.4, 0.5) is 5.69 Å². The van der Waals surface area contributed by atoms with Crippen LogP contribution < -0.4 is 5.32 Å². The molecular formula is C16H19NO5. The number of hydrogen-bond acceptors (Lipinski definition) is 6. The molecule has 1 heterocycles. The standard InChI is InChI=1S/C16H19NO5/c1-9(2)11-7-10(5-6-13(11)18)17-8-12-14(19)21-16(3,4)22-15(12)20/h5-9,17-18H,1-4H3. The van der Waals surface area contributed by atoms with Gasteiger partial charge in [0.25, 0.3) is 5.79 Å². The number of esters is 2. The fraction of sp³-hybridized carbons (Fsp3) is 0.375. The number of aromatic hydroxyl groups is 1.